The molecule has 1 aliphatic rings. The average Bonchev–Trinajstić information content (AvgIpc) is 2.41. The number of morpholine rings is 1. The van der Waals surface area contributed by atoms with E-state index in [4.69, 9.17) is 4.74 Å². The molecule has 17 heavy (non-hydrogen) atoms. The highest BCUT2D eigenvalue weighted by atomic mass is 16.5. The number of hydrogen-bond acceptors (Lipinski definition) is 3. The molecule has 90 valence electrons. The minimum absolute atomic E-state index is 0.683. The third-order valence-corrected chi connectivity index (χ3v) is 2.76. The number of hydrogen-bond donors (Lipinski definition) is 1. The number of aliphatic hydroxyl groups excluding tert-OH is 1. The molecule has 3 nitrogen and oxygen atoms in total. The van der Waals surface area contributed by atoms with E-state index in [9.17, 15) is 5.11 Å². The Bertz CT molecular complexity index is 388. The Morgan fingerprint density at radius 3 is 2.65 bits per heavy atom. The van der Waals surface area contributed by atoms with E-state index >= 15 is 0 Å². The quantitative estimate of drug-likeness (QED) is 0.772. The third kappa shape index (κ3) is 3.86. The maximum absolute atomic E-state index is 9.83. The minimum atomic E-state index is -0.683. The maximum Gasteiger partial charge on any atom is 0.140 e. The fourth-order valence-corrected chi connectivity index (χ4v) is 1.73. The van der Waals surface area contributed by atoms with Crippen LogP contribution in [0.15, 0.2) is 30.3 Å². The molecule has 1 atom stereocenters. The highest BCUT2D eigenvalue weighted by molar-refractivity contribution is 5.24. The molecule has 0 radical (unpaired) electrons. The molecule has 1 heterocycles. The van der Waals surface area contributed by atoms with Crippen molar-refractivity contribution in [3.05, 3.63) is 35.9 Å². The Morgan fingerprint density at radius 2 is 1.94 bits per heavy atom. The summed E-state index contributed by atoms with van der Waals surface area (Å²) < 4.78 is 5.26. The van der Waals surface area contributed by atoms with Crippen LogP contribution >= 0.6 is 0 Å². The van der Waals surface area contributed by atoms with Crippen LogP contribution in [0.3, 0.4) is 0 Å². The minimum Gasteiger partial charge on any atom is -0.379 e. The first-order chi connectivity index (χ1) is 8.36. The number of nitrogens with zero attached hydrogens (tertiary/aromatic N) is 1. The van der Waals surface area contributed by atoms with Crippen LogP contribution in [0.5, 0.6) is 0 Å². The summed E-state index contributed by atoms with van der Waals surface area (Å²) in [5.74, 6) is 5.89. The van der Waals surface area contributed by atoms with Crippen molar-refractivity contribution in [2.45, 2.75) is 6.10 Å². The van der Waals surface area contributed by atoms with Crippen LogP contribution in [0.2, 0.25) is 0 Å². The molecule has 0 amide bonds. The molecule has 0 aromatic heterocycles. The van der Waals surface area contributed by atoms with Crippen LogP contribution in [0.25, 0.3) is 0 Å². The van der Waals surface area contributed by atoms with Gasteiger partial charge < -0.3 is 9.84 Å². The smallest absolute Gasteiger partial charge is 0.140 e. The lowest BCUT2D eigenvalue weighted by atomic mass is 10.1. The summed E-state index contributed by atoms with van der Waals surface area (Å²) in [5, 5.41) is 9.83. The molecule has 1 N–H and O–H groups in total. The van der Waals surface area contributed by atoms with Gasteiger partial charge in [0.05, 0.1) is 19.8 Å². The number of rotatable bonds is 2. The van der Waals surface area contributed by atoms with Crippen LogP contribution in [-0.2, 0) is 4.74 Å². The molecule has 0 bridgehead atoms. The molecule has 1 unspecified atom stereocenters. The number of aliphatic hydroxyl groups is 1. The summed E-state index contributed by atoms with van der Waals surface area (Å²) in [5.41, 5.74) is 0.849. The predicted octanol–water partition coefficient (Wildman–Crippen LogP) is 1.06. The van der Waals surface area contributed by atoms with Crippen molar-refractivity contribution in [1.82, 2.24) is 4.90 Å². The van der Waals surface area contributed by atoms with E-state index in [1.165, 1.54) is 0 Å². The van der Waals surface area contributed by atoms with Crippen LogP contribution in [0.1, 0.15) is 11.7 Å². The zero-order valence-electron chi connectivity index (χ0n) is 9.80. The molecule has 1 aromatic rings. The SMILES string of the molecule is OC(C#CCN1CCOCC1)c1ccccc1. The average molecular weight is 231 g/mol. The fourth-order valence-electron chi connectivity index (χ4n) is 1.73. The zero-order chi connectivity index (χ0) is 11.9. The van der Waals surface area contributed by atoms with Crippen LogP contribution in [-0.4, -0.2) is 42.9 Å². The molecule has 0 saturated carbocycles. The van der Waals surface area contributed by atoms with Gasteiger partial charge in [0.25, 0.3) is 0 Å². The molecule has 1 aliphatic heterocycles. The van der Waals surface area contributed by atoms with Crippen molar-refractivity contribution >= 4 is 0 Å². The van der Waals surface area contributed by atoms with Gasteiger partial charge in [-0.25, -0.2) is 0 Å². The second kappa shape index (κ2) is 6.41. The summed E-state index contributed by atoms with van der Waals surface area (Å²) in [7, 11) is 0. The number of ether oxygens (including phenoxy) is 1. The van der Waals surface area contributed by atoms with Gasteiger partial charge in [-0.05, 0) is 5.56 Å². The topological polar surface area (TPSA) is 32.7 Å². The van der Waals surface area contributed by atoms with Gasteiger partial charge in [0, 0.05) is 13.1 Å². The Balaban J connectivity index is 1.84. The van der Waals surface area contributed by atoms with E-state index in [0.29, 0.717) is 6.54 Å². The Labute approximate surface area is 102 Å². The van der Waals surface area contributed by atoms with Gasteiger partial charge in [0.2, 0.25) is 0 Å². The van der Waals surface area contributed by atoms with Crippen molar-refractivity contribution in [1.29, 1.82) is 0 Å². The molecule has 1 aromatic carbocycles. The molecular formula is C14H17NO2. The van der Waals surface area contributed by atoms with Gasteiger partial charge in [-0.1, -0.05) is 42.2 Å². The first kappa shape index (κ1) is 12.1. The van der Waals surface area contributed by atoms with Gasteiger partial charge in [-0.15, -0.1) is 0 Å². The summed E-state index contributed by atoms with van der Waals surface area (Å²) in [6, 6.07) is 9.50. The predicted molar refractivity (Wildman–Crippen MR) is 66.4 cm³/mol. The highest BCUT2D eigenvalue weighted by Crippen LogP contribution is 2.10. The van der Waals surface area contributed by atoms with Crippen molar-refractivity contribution in [3.8, 4) is 11.8 Å². The van der Waals surface area contributed by atoms with Gasteiger partial charge in [0.15, 0.2) is 0 Å². The van der Waals surface area contributed by atoms with Crippen molar-refractivity contribution < 1.29 is 9.84 Å². The van der Waals surface area contributed by atoms with Gasteiger partial charge in [0.1, 0.15) is 6.10 Å². The van der Waals surface area contributed by atoms with Crippen LogP contribution in [0.4, 0.5) is 0 Å². The second-order valence-corrected chi connectivity index (χ2v) is 4.02. The first-order valence-electron chi connectivity index (χ1n) is 5.88. The van der Waals surface area contributed by atoms with E-state index in [0.717, 1.165) is 31.9 Å². The molecule has 0 aliphatic carbocycles. The van der Waals surface area contributed by atoms with E-state index in [1.807, 2.05) is 30.3 Å². The highest BCUT2D eigenvalue weighted by Gasteiger charge is 2.08. The van der Waals surface area contributed by atoms with E-state index in [1.54, 1.807) is 0 Å². The molecule has 1 fully saturated rings. The van der Waals surface area contributed by atoms with Gasteiger partial charge in [-0.3, -0.25) is 4.90 Å². The standard InChI is InChI=1S/C14H17NO2/c16-14(13-5-2-1-3-6-13)7-4-8-15-9-11-17-12-10-15/h1-3,5-6,14,16H,8-12H2. The summed E-state index contributed by atoms with van der Waals surface area (Å²) in [6.07, 6.45) is -0.683. The van der Waals surface area contributed by atoms with E-state index in [2.05, 4.69) is 16.7 Å². The van der Waals surface area contributed by atoms with Crippen LogP contribution < -0.4 is 0 Å². The monoisotopic (exact) mass is 231 g/mol. The number of benzene rings is 1. The van der Waals surface area contributed by atoms with Crippen LogP contribution in [0, 0.1) is 11.8 Å². The first-order valence-corrected chi connectivity index (χ1v) is 5.88. The maximum atomic E-state index is 9.83. The van der Waals surface area contributed by atoms with Crippen molar-refractivity contribution in [3.63, 3.8) is 0 Å². The summed E-state index contributed by atoms with van der Waals surface area (Å²) in [6.45, 7) is 4.12. The van der Waals surface area contributed by atoms with Crippen molar-refractivity contribution in [2.24, 2.45) is 0 Å². The Morgan fingerprint density at radius 1 is 1.24 bits per heavy atom. The van der Waals surface area contributed by atoms with Gasteiger partial charge >= 0.3 is 0 Å². The third-order valence-electron chi connectivity index (χ3n) is 2.76. The lowest BCUT2D eigenvalue weighted by molar-refractivity contribution is 0.0443. The normalized spacial score (nSPS) is 18.2. The zero-order valence-corrected chi connectivity index (χ0v) is 9.80. The van der Waals surface area contributed by atoms with E-state index in [-0.39, 0.29) is 0 Å². The molecule has 1 saturated heterocycles. The van der Waals surface area contributed by atoms with Gasteiger partial charge in [-0.2, -0.15) is 0 Å². The summed E-state index contributed by atoms with van der Waals surface area (Å²) >= 11 is 0. The molecule has 3 heteroatoms. The lowest BCUT2D eigenvalue weighted by Crippen LogP contribution is -2.36. The second-order valence-electron chi connectivity index (χ2n) is 4.02. The summed E-state index contributed by atoms with van der Waals surface area (Å²) in [4.78, 5) is 2.23. The van der Waals surface area contributed by atoms with Crippen molar-refractivity contribution in [2.75, 3.05) is 32.8 Å². The van der Waals surface area contributed by atoms with E-state index < -0.39 is 6.10 Å². The molecular weight excluding hydrogens is 214 g/mol. The molecule has 2 rings (SSSR count). The Hall–Kier alpha value is -1.34. The molecule has 0 spiro atoms. The fraction of sp³-hybridized carbons (Fsp3) is 0.429. The largest absolute Gasteiger partial charge is 0.379 e. The lowest BCUT2D eigenvalue weighted by Gasteiger charge is -2.24. The Kier molecular flexibility index (Phi) is 4.57.